The van der Waals surface area contributed by atoms with Crippen LogP contribution in [0.2, 0.25) is 0 Å². The van der Waals surface area contributed by atoms with Crippen molar-refractivity contribution in [2.45, 2.75) is 50.8 Å². The Morgan fingerprint density at radius 1 is 1.29 bits per heavy atom. The summed E-state index contributed by atoms with van der Waals surface area (Å²) in [5, 5.41) is 0.323. The normalized spacial score (nSPS) is 21.4. The van der Waals surface area contributed by atoms with Gasteiger partial charge in [0.05, 0.1) is 0 Å². The molecule has 0 N–H and O–H groups in total. The Kier molecular flexibility index (Phi) is 5.88. The van der Waals surface area contributed by atoms with Gasteiger partial charge in [-0.05, 0) is 45.7 Å². The second-order valence-corrected chi connectivity index (χ2v) is 5.58. The summed E-state index contributed by atoms with van der Waals surface area (Å²) in [5.41, 5.74) is 0. The van der Waals surface area contributed by atoms with Gasteiger partial charge in [0.2, 0.25) is 0 Å². The van der Waals surface area contributed by atoms with E-state index in [1.807, 2.05) is 0 Å². The summed E-state index contributed by atoms with van der Waals surface area (Å²) in [7, 11) is 2.23. The molecule has 14 heavy (non-hydrogen) atoms. The quantitative estimate of drug-likeness (QED) is 0.637. The monoisotopic (exact) mass is 217 g/mol. The van der Waals surface area contributed by atoms with Crippen LogP contribution in [0.1, 0.15) is 45.4 Å². The fraction of sp³-hybridized carbons (Fsp3) is 1.00. The third kappa shape index (κ3) is 5.21. The molecule has 1 saturated carbocycles. The molecule has 0 heterocycles. The summed E-state index contributed by atoms with van der Waals surface area (Å²) in [6, 6.07) is 0. The van der Waals surface area contributed by atoms with Gasteiger partial charge in [0.25, 0.3) is 0 Å². The van der Waals surface area contributed by atoms with Crippen molar-refractivity contribution in [2.75, 3.05) is 20.1 Å². The first-order valence-electron chi connectivity index (χ1n) is 6.01. The lowest BCUT2D eigenvalue weighted by Gasteiger charge is -2.27. The minimum Gasteiger partial charge on any atom is -0.306 e. The molecule has 2 heteroatoms. The smallest absolute Gasteiger partial charge is 0.0320 e. The Balaban J connectivity index is 2.09. The van der Waals surface area contributed by atoms with Gasteiger partial charge in [-0.25, -0.2) is 0 Å². The van der Waals surface area contributed by atoms with Gasteiger partial charge in [0.15, 0.2) is 0 Å². The summed E-state index contributed by atoms with van der Waals surface area (Å²) < 4.78 is 0. The Hall–Kier alpha value is 0.250. The first-order chi connectivity index (χ1) is 6.68. The standard InChI is InChI=1S/C12H24ClN/c1-11(13)8-9-14(2)10-12-6-4-3-5-7-12/h11-12H,3-10H2,1-2H3. The fourth-order valence-electron chi connectivity index (χ4n) is 2.30. The molecule has 0 aromatic carbocycles. The molecule has 1 rings (SSSR count). The zero-order valence-electron chi connectivity index (χ0n) is 9.64. The van der Waals surface area contributed by atoms with Crippen LogP contribution in [0, 0.1) is 5.92 Å². The van der Waals surface area contributed by atoms with Crippen LogP contribution in [0.25, 0.3) is 0 Å². The minimum atomic E-state index is 0.323. The Morgan fingerprint density at radius 3 is 2.50 bits per heavy atom. The summed E-state index contributed by atoms with van der Waals surface area (Å²) in [5.74, 6) is 0.958. The number of nitrogens with zero attached hydrogens (tertiary/aromatic N) is 1. The molecule has 0 amide bonds. The van der Waals surface area contributed by atoms with Crippen molar-refractivity contribution in [3.63, 3.8) is 0 Å². The van der Waals surface area contributed by atoms with Gasteiger partial charge >= 0.3 is 0 Å². The molecule has 1 fully saturated rings. The third-order valence-electron chi connectivity index (χ3n) is 3.20. The van der Waals surface area contributed by atoms with Crippen LogP contribution in [0.15, 0.2) is 0 Å². The van der Waals surface area contributed by atoms with E-state index < -0.39 is 0 Å². The Bertz CT molecular complexity index is 141. The van der Waals surface area contributed by atoms with Crippen LogP contribution in [-0.4, -0.2) is 30.4 Å². The highest BCUT2D eigenvalue weighted by Gasteiger charge is 2.15. The van der Waals surface area contributed by atoms with Crippen molar-refractivity contribution < 1.29 is 0 Å². The molecule has 1 atom stereocenters. The maximum Gasteiger partial charge on any atom is 0.0320 e. The number of hydrogen-bond acceptors (Lipinski definition) is 1. The van der Waals surface area contributed by atoms with Crippen LogP contribution < -0.4 is 0 Å². The second-order valence-electron chi connectivity index (χ2n) is 4.84. The Labute approximate surface area is 93.8 Å². The largest absolute Gasteiger partial charge is 0.306 e. The lowest BCUT2D eigenvalue weighted by atomic mass is 9.89. The maximum absolute atomic E-state index is 5.94. The second kappa shape index (κ2) is 6.68. The number of hydrogen-bond donors (Lipinski definition) is 0. The highest BCUT2D eigenvalue weighted by Crippen LogP contribution is 2.24. The molecular formula is C12H24ClN. The SMILES string of the molecule is CC(Cl)CCN(C)CC1CCCCC1. The molecule has 0 radical (unpaired) electrons. The molecule has 0 bridgehead atoms. The lowest BCUT2D eigenvalue weighted by Crippen LogP contribution is -2.28. The number of rotatable bonds is 5. The van der Waals surface area contributed by atoms with Crippen LogP contribution in [0.3, 0.4) is 0 Å². The van der Waals surface area contributed by atoms with Crippen LogP contribution in [0.4, 0.5) is 0 Å². The first kappa shape index (κ1) is 12.3. The summed E-state index contributed by atoms with van der Waals surface area (Å²) in [6.07, 6.45) is 8.36. The van der Waals surface area contributed by atoms with Crippen molar-refractivity contribution in [3.8, 4) is 0 Å². The molecule has 0 saturated heterocycles. The number of halogens is 1. The van der Waals surface area contributed by atoms with E-state index in [1.54, 1.807) is 0 Å². The van der Waals surface area contributed by atoms with E-state index in [4.69, 9.17) is 11.6 Å². The van der Waals surface area contributed by atoms with Crippen LogP contribution >= 0.6 is 11.6 Å². The molecule has 1 unspecified atom stereocenters. The van der Waals surface area contributed by atoms with E-state index in [1.165, 1.54) is 38.6 Å². The van der Waals surface area contributed by atoms with Gasteiger partial charge in [-0.1, -0.05) is 19.3 Å². The predicted molar refractivity (Wildman–Crippen MR) is 64.0 cm³/mol. The van der Waals surface area contributed by atoms with Crippen molar-refractivity contribution in [1.29, 1.82) is 0 Å². The van der Waals surface area contributed by atoms with Gasteiger partial charge in [-0.2, -0.15) is 0 Å². The van der Waals surface area contributed by atoms with E-state index in [2.05, 4.69) is 18.9 Å². The molecule has 84 valence electrons. The maximum atomic E-state index is 5.94. The van der Waals surface area contributed by atoms with E-state index >= 15 is 0 Å². The molecule has 1 aliphatic carbocycles. The van der Waals surface area contributed by atoms with Crippen molar-refractivity contribution in [3.05, 3.63) is 0 Å². The van der Waals surface area contributed by atoms with Crippen molar-refractivity contribution in [1.82, 2.24) is 4.90 Å². The van der Waals surface area contributed by atoms with Gasteiger partial charge in [0, 0.05) is 11.9 Å². The third-order valence-corrected chi connectivity index (χ3v) is 3.42. The topological polar surface area (TPSA) is 3.24 Å². The zero-order chi connectivity index (χ0) is 10.4. The van der Waals surface area contributed by atoms with E-state index in [0.29, 0.717) is 5.38 Å². The van der Waals surface area contributed by atoms with Gasteiger partial charge in [-0.15, -0.1) is 11.6 Å². The minimum absolute atomic E-state index is 0.323. The molecule has 0 spiro atoms. The van der Waals surface area contributed by atoms with Gasteiger partial charge in [0.1, 0.15) is 0 Å². The van der Waals surface area contributed by atoms with E-state index in [-0.39, 0.29) is 0 Å². The van der Waals surface area contributed by atoms with Gasteiger partial charge < -0.3 is 4.90 Å². The van der Waals surface area contributed by atoms with E-state index in [9.17, 15) is 0 Å². The zero-order valence-corrected chi connectivity index (χ0v) is 10.4. The molecule has 1 nitrogen and oxygen atoms in total. The summed E-state index contributed by atoms with van der Waals surface area (Å²) in [4.78, 5) is 2.45. The van der Waals surface area contributed by atoms with Crippen LogP contribution in [0.5, 0.6) is 0 Å². The average Bonchev–Trinajstić information content (AvgIpc) is 2.16. The Morgan fingerprint density at radius 2 is 1.93 bits per heavy atom. The molecular weight excluding hydrogens is 194 g/mol. The highest BCUT2D eigenvalue weighted by molar-refractivity contribution is 6.20. The van der Waals surface area contributed by atoms with E-state index in [0.717, 1.165) is 18.9 Å². The summed E-state index contributed by atoms with van der Waals surface area (Å²) >= 11 is 5.94. The molecule has 0 aromatic rings. The van der Waals surface area contributed by atoms with Gasteiger partial charge in [-0.3, -0.25) is 0 Å². The van der Waals surface area contributed by atoms with Crippen molar-refractivity contribution >= 4 is 11.6 Å². The highest BCUT2D eigenvalue weighted by atomic mass is 35.5. The average molecular weight is 218 g/mol. The fourth-order valence-corrected chi connectivity index (χ4v) is 2.40. The molecule has 0 aliphatic heterocycles. The molecule has 0 aromatic heterocycles. The lowest BCUT2D eigenvalue weighted by molar-refractivity contribution is 0.232. The molecule has 1 aliphatic rings. The van der Waals surface area contributed by atoms with Crippen LogP contribution in [-0.2, 0) is 0 Å². The predicted octanol–water partition coefficient (Wildman–Crippen LogP) is 3.52. The van der Waals surface area contributed by atoms with Crippen molar-refractivity contribution in [2.24, 2.45) is 5.92 Å². The summed E-state index contributed by atoms with van der Waals surface area (Å²) in [6.45, 7) is 4.51. The first-order valence-corrected chi connectivity index (χ1v) is 6.44. The number of alkyl halides is 1.